The van der Waals surface area contributed by atoms with E-state index in [0.29, 0.717) is 11.4 Å². The molecule has 0 radical (unpaired) electrons. The highest BCUT2D eigenvalue weighted by molar-refractivity contribution is 6.05. The zero-order valence-corrected chi connectivity index (χ0v) is 15.2. The molecule has 0 aliphatic heterocycles. The van der Waals surface area contributed by atoms with Gasteiger partial charge < -0.3 is 14.8 Å². The first-order valence-electron chi connectivity index (χ1n) is 8.50. The summed E-state index contributed by atoms with van der Waals surface area (Å²) >= 11 is 0. The van der Waals surface area contributed by atoms with Crippen LogP contribution in [0.25, 0.3) is 0 Å². The lowest BCUT2D eigenvalue weighted by Gasteiger charge is -2.16. The van der Waals surface area contributed by atoms with Crippen LogP contribution in [0.15, 0.2) is 54.6 Å². The number of rotatable bonds is 7. The zero-order chi connectivity index (χ0) is 19.6. The van der Waals surface area contributed by atoms with Crippen molar-refractivity contribution in [2.45, 2.75) is 13.3 Å². The van der Waals surface area contributed by atoms with Gasteiger partial charge in [-0.2, -0.15) is 0 Å². The molecule has 0 spiro atoms. The molecule has 27 heavy (non-hydrogen) atoms. The van der Waals surface area contributed by atoms with Crippen molar-refractivity contribution in [2.24, 2.45) is 5.92 Å². The van der Waals surface area contributed by atoms with Crippen molar-refractivity contribution in [2.75, 3.05) is 24.4 Å². The molecule has 7 heteroatoms. The summed E-state index contributed by atoms with van der Waals surface area (Å²) in [7, 11) is 1.27. The molecule has 0 aliphatic carbocycles. The molecule has 0 aromatic heterocycles. The highest BCUT2D eigenvalue weighted by Gasteiger charge is 2.28. The van der Waals surface area contributed by atoms with Crippen molar-refractivity contribution in [3.05, 3.63) is 60.2 Å². The average Bonchev–Trinajstić information content (AvgIpc) is 2.68. The number of hydrogen-bond donors (Lipinski definition) is 2. The lowest BCUT2D eigenvalue weighted by atomic mass is 9.98. The molecule has 0 bridgehead atoms. The number of hydrogen-bond acceptors (Lipinski definition) is 5. The summed E-state index contributed by atoms with van der Waals surface area (Å²) in [6.45, 7) is 1.90. The normalized spacial score (nSPS) is 11.2. The monoisotopic (exact) mass is 370 g/mol. The van der Waals surface area contributed by atoms with Gasteiger partial charge in [-0.25, -0.2) is 4.79 Å². The van der Waals surface area contributed by atoms with Crippen LogP contribution in [0.3, 0.4) is 0 Å². The second-order valence-corrected chi connectivity index (χ2v) is 5.68. The molecular weight excluding hydrogens is 348 g/mol. The van der Waals surface area contributed by atoms with Crippen LogP contribution in [0.2, 0.25) is 0 Å². The van der Waals surface area contributed by atoms with Gasteiger partial charge in [0.2, 0.25) is 5.91 Å². The summed E-state index contributed by atoms with van der Waals surface area (Å²) in [6.07, 6.45) is -0.343. The predicted octanol–water partition coefficient (Wildman–Crippen LogP) is 3.23. The van der Waals surface area contributed by atoms with E-state index in [9.17, 15) is 14.4 Å². The summed E-state index contributed by atoms with van der Waals surface area (Å²) in [5.74, 6) is -1.98. The van der Waals surface area contributed by atoms with Gasteiger partial charge in [-0.1, -0.05) is 30.3 Å². The maximum Gasteiger partial charge on any atom is 0.411 e. The van der Waals surface area contributed by atoms with E-state index in [1.54, 1.807) is 31.2 Å². The molecule has 0 aliphatic rings. The van der Waals surface area contributed by atoms with E-state index >= 15 is 0 Å². The van der Waals surface area contributed by atoms with Crippen LogP contribution in [-0.4, -0.2) is 31.7 Å². The molecule has 0 heterocycles. The van der Waals surface area contributed by atoms with Gasteiger partial charge in [-0.3, -0.25) is 14.9 Å². The largest absolute Gasteiger partial charge is 0.465 e. The summed E-state index contributed by atoms with van der Waals surface area (Å²) in [6, 6.07) is 15.7. The average molecular weight is 370 g/mol. The van der Waals surface area contributed by atoms with Crippen LogP contribution in [0.1, 0.15) is 12.5 Å². The molecule has 142 valence electrons. The van der Waals surface area contributed by atoms with Crippen LogP contribution in [0.5, 0.6) is 0 Å². The maximum atomic E-state index is 12.6. The Kier molecular flexibility index (Phi) is 7.37. The van der Waals surface area contributed by atoms with Gasteiger partial charge in [0.15, 0.2) is 0 Å². The highest BCUT2D eigenvalue weighted by atomic mass is 16.5. The number of carbonyl (C=O) groups excluding carboxylic acids is 3. The van der Waals surface area contributed by atoms with Crippen molar-refractivity contribution in [1.29, 1.82) is 0 Å². The fraction of sp³-hybridized carbons (Fsp3) is 0.250. The number of anilines is 2. The number of amides is 2. The van der Waals surface area contributed by atoms with Crippen LogP contribution >= 0.6 is 0 Å². The quantitative estimate of drug-likeness (QED) is 0.576. The minimum atomic E-state index is -0.958. The topological polar surface area (TPSA) is 93.7 Å². The second-order valence-electron chi connectivity index (χ2n) is 5.68. The number of methoxy groups -OCH3 is 1. The maximum absolute atomic E-state index is 12.6. The van der Waals surface area contributed by atoms with Gasteiger partial charge in [0.05, 0.1) is 13.7 Å². The SMILES string of the molecule is CCOC(=O)C(Cc1ccccc1)C(=O)Nc1ccc(NC(=O)OC)cc1. The molecule has 2 aromatic rings. The smallest absolute Gasteiger partial charge is 0.411 e. The van der Waals surface area contributed by atoms with E-state index in [0.717, 1.165) is 5.56 Å². The Hall–Kier alpha value is -3.35. The van der Waals surface area contributed by atoms with Crippen LogP contribution in [-0.2, 0) is 25.5 Å². The van der Waals surface area contributed by atoms with Crippen molar-refractivity contribution in [3.8, 4) is 0 Å². The molecule has 1 unspecified atom stereocenters. The van der Waals surface area contributed by atoms with Gasteiger partial charge in [-0.05, 0) is 43.2 Å². The van der Waals surface area contributed by atoms with Gasteiger partial charge in [0.1, 0.15) is 5.92 Å². The molecule has 0 saturated carbocycles. The molecule has 1 atom stereocenters. The van der Waals surface area contributed by atoms with E-state index in [1.165, 1.54) is 7.11 Å². The Labute approximate surface area is 157 Å². The third-order valence-electron chi connectivity index (χ3n) is 3.75. The third kappa shape index (κ3) is 6.14. The van der Waals surface area contributed by atoms with Crippen molar-refractivity contribution < 1.29 is 23.9 Å². The molecule has 0 saturated heterocycles. The predicted molar refractivity (Wildman–Crippen MR) is 101 cm³/mol. The number of ether oxygens (including phenoxy) is 2. The number of nitrogens with one attached hydrogen (secondary N) is 2. The van der Waals surface area contributed by atoms with Gasteiger partial charge in [0, 0.05) is 11.4 Å². The van der Waals surface area contributed by atoms with E-state index in [4.69, 9.17) is 4.74 Å². The van der Waals surface area contributed by atoms with E-state index in [-0.39, 0.29) is 13.0 Å². The summed E-state index contributed by atoms with van der Waals surface area (Å²) in [5, 5.41) is 5.23. The molecule has 2 amide bonds. The first kappa shape index (κ1) is 20.0. The molecular formula is C20H22N2O5. The van der Waals surface area contributed by atoms with Crippen LogP contribution in [0.4, 0.5) is 16.2 Å². The molecule has 0 fully saturated rings. The number of benzene rings is 2. The Morgan fingerprint density at radius 2 is 1.52 bits per heavy atom. The number of carbonyl (C=O) groups is 3. The minimum absolute atomic E-state index is 0.200. The second kappa shape index (κ2) is 9.96. The van der Waals surface area contributed by atoms with Crippen LogP contribution < -0.4 is 10.6 Å². The van der Waals surface area contributed by atoms with Gasteiger partial charge in [-0.15, -0.1) is 0 Å². The molecule has 2 N–H and O–H groups in total. The van der Waals surface area contributed by atoms with Gasteiger partial charge in [0.25, 0.3) is 0 Å². The molecule has 2 aromatic carbocycles. The fourth-order valence-electron chi connectivity index (χ4n) is 2.41. The highest BCUT2D eigenvalue weighted by Crippen LogP contribution is 2.17. The number of esters is 1. The Morgan fingerprint density at radius 3 is 2.07 bits per heavy atom. The van der Waals surface area contributed by atoms with E-state index in [2.05, 4.69) is 15.4 Å². The lowest BCUT2D eigenvalue weighted by molar-refractivity contribution is -0.150. The summed E-state index contributed by atoms with van der Waals surface area (Å²) < 4.78 is 9.56. The third-order valence-corrected chi connectivity index (χ3v) is 3.75. The van der Waals surface area contributed by atoms with Crippen molar-refractivity contribution in [1.82, 2.24) is 0 Å². The van der Waals surface area contributed by atoms with Gasteiger partial charge >= 0.3 is 12.1 Å². The Morgan fingerprint density at radius 1 is 0.926 bits per heavy atom. The first-order chi connectivity index (χ1) is 13.0. The summed E-state index contributed by atoms with van der Waals surface area (Å²) in [5.41, 5.74) is 1.88. The van der Waals surface area contributed by atoms with Crippen molar-refractivity contribution >= 4 is 29.3 Å². The van der Waals surface area contributed by atoms with Crippen molar-refractivity contribution in [3.63, 3.8) is 0 Å². The minimum Gasteiger partial charge on any atom is -0.465 e. The Balaban J connectivity index is 2.08. The molecule has 2 rings (SSSR count). The van der Waals surface area contributed by atoms with E-state index < -0.39 is 23.9 Å². The lowest BCUT2D eigenvalue weighted by Crippen LogP contribution is -2.33. The standard InChI is InChI=1S/C20H22N2O5/c1-3-27-19(24)17(13-14-7-5-4-6-8-14)18(23)21-15-9-11-16(12-10-15)22-20(25)26-2/h4-12,17H,3,13H2,1-2H3,(H,21,23)(H,22,25). The summed E-state index contributed by atoms with van der Waals surface area (Å²) in [4.78, 5) is 36.1. The Bertz CT molecular complexity index is 775. The first-order valence-corrected chi connectivity index (χ1v) is 8.50. The van der Waals surface area contributed by atoms with Crippen LogP contribution in [0, 0.1) is 5.92 Å². The zero-order valence-electron chi connectivity index (χ0n) is 15.2. The fourth-order valence-corrected chi connectivity index (χ4v) is 2.41. The molecule has 7 nitrogen and oxygen atoms in total. The van der Waals surface area contributed by atoms with E-state index in [1.807, 2.05) is 30.3 Å².